The van der Waals surface area contributed by atoms with Crippen LogP contribution in [0.3, 0.4) is 0 Å². The van der Waals surface area contributed by atoms with E-state index in [4.69, 9.17) is 4.74 Å². The van der Waals surface area contributed by atoms with Gasteiger partial charge in [-0.25, -0.2) is 0 Å². The molecule has 3 amide bonds. The molecule has 1 unspecified atom stereocenters. The van der Waals surface area contributed by atoms with Crippen LogP contribution >= 0.6 is 23.5 Å². The summed E-state index contributed by atoms with van der Waals surface area (Å²) in [5.41, 5.74) is 3.37. The van der Waals surface area contributed by atoms with Crippen molar-refractivity contribution in [3.05, 3.63) is 144 Å². The van der Waals surface area contributed by atoms with Gasteiger partial charge >= 0.3 is 0 Å². The lowest BCUT2D eigenvalue weighted by molar-refractivity contribution is -0.117. The largest absolute Gasteiger partial charge is 0.496 e. The van der Waals surface area contributed by atoms with Crippen LogP contribution in [0.25, 0.3) is 6.08 Å². The van der Waals surface area contributed by atoms with E-state index in [1.54, 1.807) is 67.4 Å². The van der Waals surface area contributed by atoms with Crippen molar-refractivity contribution in [2.45, 2.75) is 33.3 Å². The molecule has 0 saturated carbocycles. The quantitative estimate of drug-likeness (QED) is 0.114. The Morgan fingerprint density at radius 2 is 1.46 bits per heavy atom. The van der Waals surface area contributed by atoms with Gasteiger partial charge < -0.3 is 15.4 Å². The summed E-state index contributed by atoms with van der Waals surface area (Å²) in [6.45, 7) is 2.00. The Labute approximate surface area is 288 Å². The Kier molecular flexibility index (Phi) is 10.3. The molecule has 0 spiro atoms. The Bertz CT molecular complexity index is 1950. The highest BCUT2D eigenvalue weighted by Gasteiger charge is 2.32. The van der Waals surface area contributed by atoms with Crippen molar-refractivity contribution in [2.75, 3.05) is 17.3 Å². The molecule has 6 rings (SSSR count). The van der Waals surface area contributed by atoms with Gasteiger partial charge in [0.05, 0.1) is 23.7 Å². The molecule has 1 aliphatic rings. The molecule has 5 aromatic rings. The smallest absolute Gasteiger partial charge is 0.272 e. The van der Waals surface area contributed by atoms with Crippen molar-refractivity contribution >= 4 is 64.4 Å². The SMILES string of the molecule is CCC(Sc1cccc(NC(=O)/C(=C\c2ccccc2OC)NC(=O)c2ccccc2)c1)C(=O)N1c2ccccc2Sc2ccccc21. The Hall–Kier alpha value is -5.25. The minimum absolute atomic E-state index is 0.0113. The van der Waals surface area contributed by atoms with Crippen LogP contribution in [0.2, 0.25) is 0 Å². The Morgan fingerprint density at radius 1 is 0.812 bits per heavy atom. The van der Waals surface area contributed by atoms with Gasteiger partial charge in [-0.2, -0.15) is 0 Å². The fraction of sp³-hybridized carbons (Fsp3) is 0.103. The number of methoxy groups -OCH3 is 1. The minimum Gasteiger partial charge on any atom is -0.496 e. The predicted molar refractivity (Wildman–Crippen MR) is 194 cm³/mol. The molecule has 7 nitrogen and oxygen atoms in total. The molecule has 1 atom stereocenters. The lowest BCUT2D eigenvalue weighted by Gasteiger charge is -2.33. The lowest BCUT2D eigenvalue weighted by Crippen LogP contribution is -2.35. The van der Waals surface area contributed by atoms with E-state index in [0.29, 0.717) is 29.0 Å². The third kappa shape index (κ3) is 7.33. The van der Waals surface area contributed by atoms with Crippen LogP contribution in [0.1, 0.15) is 29.3 Å². The molecule has 0 fully saturated rings. The molecular formula is C39H33N3O4S2. The average molecular weight is 672 g/mol. The van der Waals surface area contributed by atoms with Crippen molar-refractivity contribution in [2.24, 2.45) is 0 Å². The van der Waals surface area contributed by atoms with E-state index < -0.39 is 11.8 Å². The molecule has 9 heteroatoms. The van der Waals surface area contributed by atoms with Crippen molar-refractivity contribution in [1.29, 1.82) is 0 Å². The van der Waals surface area contributed by atoms with E-state index in [-0.39, 0.29) is 16.9 Å². The van der Waals surface area contributed by atoms with Crippen LogP contribution in [0, 0.1) is 0 Å². The summed E-state index contributed by atoms with van der Waals surface area (Å²) in [4.78, 5) is 45.8. The number of ether oxygens (including phenoxy) is 1. The van der Waals surface area contributed by atoms with E-state index in [0.717, 1.165) is 26.1 Å². The number of benzene rings is 5. The van der Waals surface area contributed by atoms with Crippen molar-refractivity contribution in [1.82, 2.24) is 5.32 Å². The number of carbonyl (C=O) groups is 3. The fourth-order valence-corrected chi connectivity index (χ4v) is 7.40. The number of hydrogen-bond acceptors (Lipinski definition) is 6. The first-order valence-electron chi connectivity index (χ1n) is 15.4. The molecule has 0 saturated heterocycles. The van der Waals surface area contributed by atoms with Gasteiger partial charge in [0, 0.05) is 31.5 Å². The van der Waals surface area contributed by atoms with Gasteiger partial charge in [0.15, 0.2) is 0 Å². The van der Waals surface area contributed by atoms with Gasteiger partial charge in [0.2, 0.25) is 5.91 Å². The number of rotatable bonds is 10. The lowest BCUT2D eigenvalue weighted by atomic mass is 10.1. The topological polar surface area (TPSA) is 87.7 Å². The number of nitrogens with zero attached hydrogens (tertiary/aromatic N) is 1. The van der Waals surface area contributed by atoms with Gasteiger partial charge in [0.25, 0.3) is 11.8 Å². The third-order valence-corrected chi connectivity index (χ3v) is 10.1. The zero-order valence-corrected chi connectivity index (χ0v) is 28.0. The van der Waals surface area contributed by atoms with Crippen LogP contribution < -0.4 is 20.3 Å². The van der Waals surface area contributed by atoms with E-state index >= 15 is 0 Å². The zero-order chi connectivity index (χ0) is 33.5. The molecule has 0 radical (unpaired) electrons. The van der Waals surface area contributed by atoms with Crippen LogP contribution in [0.4, 0.5) is 17.1 Å². The normalized spacial score (nSPS) is 12.7. The first-order chi connectivity index (χ1) is 23.4. The maximum Gasteiger partial charge on any atom is 0.272 e. The maximum atomic E-state index is 14.2. The second kappa shape index (κ2) is 15.1. The summed E-state index contributed by atoms with van der Waals surface area (Å²) in [6.07, 6.45) is 2.19. The number of thioether (sulfide) groups is 1. The van der Waals surface area contributed by atoms with Gasteiger partial charge in [-0.05, 0) is 73.2 Å². The number of nitrogens with one attached hydrogen (secondary N) is 2. The molecule has 240 valence electrons. The number of para-hydroxylation sites is 3. The molecular weight excluding hydrogens is 639 g/mol. The summed E-state index contributed by atoms with van der Waals surface area (Å²) in [5, 5.41) is 5.32. The van der Waals surface area contributed by atoms with Crippen LogP contribution in [0.5, 0.6) is 5.75 Å². The van der Waals surface area contributed by atoms with Gasteiger partial charge in [0.1, 0.15) is 11.4 Å². The summed E-state index contributed by atoms with van der Waals surface area (Å²) in [6, 6.07) is 39.2. The minimum atomic E-state index is -0.505. The average Bonchev–Trinajstić information content (AvgIpc) is 3.13. The molecule has 1 heterocycles. The summed E-state index contributed by atoms with van der Waals surface area (Å²) < 4.78 is 5.48. The van der Waals surface area contributed by atoms with E-state index in [1.807, 2.05) is 96.8 Å². The first-order valence-corrected chi connectivity index (χ1v) is 17.1. The Balaban J connectivity index is 1.24. The number of carbonyl (C=O) groups excluding carboxylic acids is 3. The van der Waals surface area contributed by atoms with E-state index in [2.05, 4.69) is 10.6 Å². The molecule has 48 heavy (non-hydrogen) atoms. The first kappa shape index (κ1) is 32.7. The highest BCUT2D eigenvalue weighted by molar-refractivity contribution is 8.00. The highest BCUT2D eigenvalue weighted by atomic mass is 32.2. The van der Waals surface area contributed by atoms with E-state index in [1.165, 1.54) is 11.8 Å². The number of fused-ring (bicyclic) bond motifs is 2. The zero-order valence-electron chi connectivity index (χ0n) is 26.4. The second-order valence-electron chi connectivity index (χ2n) is 10.8. The molecule has 5 aromatic carbocycles. The predicted octanol–water partition coefficient (Wildman–Crippen LogP) is 8.80. The molecule has 0 aromatic heterocycles. The standard InChI is InChI=1S/C39H33N3O4S2/c1-3-34(39(45)42-31-19-8-11-22-35(31)48-36-23-12-9-20-32(36)42)47-29-18-13-17-28(25-29)40-38(44)30(24-27-16-7-10-21-33(27)46-2)41-37(43)26-14-5-4-6-15-26/h4-25,34H,3H2,1-2H3,(H,40,44)(H,41,43)/b30-24+. The van der Waals surface area contributed by atoms with Crippen LogP contribution in [-0.2, 0) is 9.59 Å². The van der Waals surface area contributed by atoms with Crippen molar-refractivity contribution in [3.63, 3.8) is 0 Å². The molecule has 1 aliphatic heterocycles. The van der Waals surface area contributed by atoms with Crippen molar-refractivity contribution < 1.29 is 19.1 Å². The monoisotopic (exact) mass is 671 g/mol. The number of anilines is 3. The second-order valence-corrected chi connectivity index (χ2v) is 13.2. The summed E-state index contributed by atoms with van der Waals surface area (Å²) in [7, 11) is 1.55. The van der Waals surface area contributed by atoms with Crippen LogP contribution in [0.15, 0.2) is 148 Å². The number of hydrogen-bond donors (Lipinski definition) is 2. The van der Waals surface area contributed by atoms with Gasteiger partial charge in [-0.15, -0.1) is 11.8 Å². The summed E-state index contributed by atoms with van der Waals surface area (Å²) >= 11 is 3.12. The third-order valence-electron chi connectivity index (χ3n) is 7.64. The molecule has 0 bridgehead atoms. The maximum absolute atomic E-state index is 14.2. The molecule has 2 N–H and O–H groups in total. The number of amides is 3. The Morgan fingerprint density at radius 3 is 2.15 bits per heavy atom. The highest BCUT2D eigenvalue weighted by Crippen LogP contribution is 2.49. The van der Waals surface area contributed by atoms with Crippen molar-refractivity contribution in [3.8, 4) is 5.75 Å². The van der Waals surface area contributed by atoms with E-state index in [9.17, 15) is 14.4 Å². The summed E-state index contributed by atoms with van der Waals surface area (Å²) in [5.74, 6) is -0.375. The molecule has 0 aliphatic carbocycles. The fourth-order valence-electron chi connectivity index (χ4n) is 5.29. The van der Waals surface area contributed by atoms with Gasteiger partial charge in [-0.1, -0.05) is 85.4 Å². The van der Waals surface area contributed by atoms with Crippen LogP contribution in [-0.4, -0.2) is 30.1 Å². The van der Waals surface area contributed by atoms with Gasteiger partial charge in [-0.3, -0.25) is 19.3 Å².